The largest absolute Gasteiger partial charge is 0.319 e. The van der Waals surface area contributed by atoms with Gasteiger partial charge in [-0.1, -0.05) is 34.3 Å². The first-order valence-corrected chi connectivity index (χ1v) is 9.76. The average Bonchev–Trinajstić information content (AvgIpc) is 3.12. The first-order valence-electron chi connectivity index (χ1n) is 8.61. The second kappa shape index (κ2) is 7.73. The molecule has 2 aromatic carbocycles. The monoisotopic (exact) mass is 428 g/mol. The number of nitrogens with zero attached hydrogens (tertiary/aromatic N) is 3. The molecular formula is C20H14ClFN4O2S. The highest BCUT2D eigenvalue weighted by Crippen LogP contribution is 2.27. The van der Waals surface area contributed by atoms with E-state index >= 15 is 0 Å². The molecule has 2 heterocycles. The van der Waals surface area contributed by atoms with Crippen molar-refractivity contribution in [3.63, 3.8) is 0 Å². The first kappa shape index (κ1) is 19.2. The van der Waals surface area contributed by atoms with Gasteiger partial charge < -0.3 is 9.88 Å². The quantitative estimate of drug-likeness (QED) is 0.524. The van der Waals surface area contributed by atoms with Gasteiger partial charge in [0.15, 0.2) is 0 Å². The van der Waals surface area contributed by atoms with E-state index < -0.39 is 11.4 Å². The van der Waals surface area contributed by atoms with Crippen molar-refractivity contribution in [1.29, 1.82) is 0 Å². The maximum atomic E-state index is 14.2. The van der Waals surface area contributed by atoms with Gasteiger partial charge in [-0.25, -0.2) is 4.39 Å². The van der Waals surface area contributed by atoms with Crippen molar-refractivity contribution < 1.29 is 9.18 Å². The van der Waals surface area contributed by atoms with Crippen LogP contribution in [0.4, 0.5) is 10.1 Å². The van der Waals surface area contributed by atoms with Crippen LogP contribution < -0.4 is 10.5 Å². The summed E-state index contributed by atoms with van der Waals surface area (Å²) in [6.45, 7) is 1.74. The predicted molar refractivity (Wildman–Crippen MR) is 111 cm³/mol. The van der Waals surface area contributed by atoms with E-state index in [1.165, 1.54) is 17.0 Å². The molecule has 1 amide bonds. The van der Waals surface area contributed by atoms with Gasteiger partial charge in [0.1, 0.15) is 10.7 Å². The van der Waals surface area contributed by atoms with Gasteiger partial charge in [-0.15, -0.1) is 5.10 Å². The number of para-hydroxylation sites is 1. The maximum Gasteiger partial charge on any atom is 0.272 e. The number of aryl methyl sites for hydroxylation is 1. The number of hydrogen-bond acceptors (Lipinski definition) is 5. The molecule has 0 aliphatic heterocycles. The summed E-state index contributed by atoms with van der Waals surface area (Å²) in [7, 11) is 0. The summed E-state index contributed by atoms with van der Waals surface area (Å²) < 4.78 is 18.0. The third kappa shape index (κ3) is 3.76. The molecule has 0 bridgehead atoms. The number of H-pyrrole nitrogens is 1. The van der Waals surface area contributed by atoms with E-state index in [0.29, 0.717) is 32.2 Å². The van der Waals surface area contributed by atoms with Crippen LogP contribution in [0.1, 0.15) is 20.9 Å². The highest BCUT2D eigenvalue weighted by molar-refractivity contribution is 7.08. The molecule has 0 aliphatic rings. The summed E-state index contributed by atoms with van der Waals surface area (Å²) in [4.78, 5) is 29.8. The van der Waals surface area contributed by atoms with Crippen molar-refractivity contribution >= 4 is 45.6 Å². The molecule has 0 saturated heterocycles. The van der Waals surface area contributed by atoms with E-state index in [9.17, 15) is 14.0 Å². The molecule has 0 fully saturated rings. The van der Waals surface area contributed by atoms with E-state index in [1.807, 2.05) is 0 Å². The molecule has 9 heteroatoms. The van der Waals surface area contributed by atoms with Gasteiger partial charge in [0.05, 0.1) is 17.8 Å². The van der Waals surface area contributed by atoms with Gasteiger partial charge in [-0.3, -0.25) is 9.59 Å². The number of benzene rings is 2. The number of nitrogens with one attached hydrogen (secondary N) is 1. The van der Waals surface area contributed by atoms with E-state index in [1.54, 1.807) is 43.3 Å². The number of fused-ring (bicyclic) bond motifs is 1. The number of carbonyl (C=O) groups excluding carboxylic acids is 1. The highest BCUT2D eigenvalue weighted by Gasteiger charge is 2.24. The van der Waals surface area contributed by atoms with Crippen LogP contribution in [0.5, 0.6) is 0 Å². The fourth-order valence-corrected chi connectivity index (χ4v) is 3.88. The minimum Gasteiger partial charge on any atom is -0.319 e. The number of amides is 1. The number of hydrogen-bond donors (Lipinski definition) is 1. The van der Waals surface area contributed by atoms with Crippen LogP contribution in [0, 0.1) is 12.7 Å². The molecule has 2 aromatic heterocycles. The Labute approximate surface area is 173 Å². The SMILES string of the molecule is Cc1nnsc1C(=O)N(Cc1cc(=O)[nH]c2c(F)cccc12)c1cccc(Cl)c1. The van der Waals surface area contributed by atoms with Gasteiger partial charge in [0, 0.05) is 22.2 Å². The van der Waals surface area contributed by atoms with Crippen molar-refractivity contribution in [3.05, 3.63) is 85.9 Å². The Morgan fingerprint density at radius 2 is 2.03 bits per heavy atom. The van der Waals surface area contributed by atoms with Crippen molar-refractivity contribution in [2.75, 3.05) is 4.90 Å². The Balaban J connectivity index is 1.86. The number of rotatable bonds is 4. The van der Waals surface area contributed by atoms with Crippen LogP contribution >= 0.6 is 23.1 Å². The molecule has 146 valence electrons. The van der Waals surface area contributed by atoms with Gasteiger partial charge in [-0.2, -0.15) is 0 Å². The fourth-order valence-electron chi connectivity index (χ4n) is 3.09. The van der Waals surface area contributed by atoms with Crippen molar-refractivity contribution in [1.82, 2.24) is 14.6 Å². The van der Waals surface area contributed by atoms with Gasteiger partial charge in [-0.05, 0) is 48.3 Å². The van der Waals surface area contributed by atoms with Crippen molar-refractivity contribution in [2.45, 2.75) is 13.5 Å². The van der Waals surface area contributed by atoms with Crippen LogP contribution in [-0.4, -0.2) is 20.5 Å². The molecule has 0 atom stereocenters. The molecule has 1 N–H and O–H groups in total. The summed E-state index contributed by atoms with van der Waals surface area (Å²) in [5, 5.41) is 4.88. The van der Waals surface area contributed by atoms with Gasteiger partial charge in [0.2, 0.25) is 5.56 Å². The minimum absolute atomic E-state index is 0.0421. The third-order valence-corrected chi connectivity index (χ3v) is 5.50. The smallest absolute Gasteiger partial charge is 0.272 e. The van der Waals surface area contributed by atoms with Crippen molar-refractivity contribution in [3.8, 4) is 0 Å². The normalized spacial score (nSPS) is 11.0. The minimum atomic E-state index is -0.537. The Bertz CT molecular complexity index is 1290. The molecule has 4 aromatic rings. The predicted octanol–water partition coefficient (Wildman–Crippen LogP) is 4.33. The zero-order valence-electron chi connectivity index (χ0n) is 15.1. The molecule has 0 spiro atoms. The maximum absolute atomic E-state index is 14.2. The average molecular weight is 429 g/mol. The summed E-state index contributed by atoms with van der Waals surface area (Å²) in [6, 6.07) is 12.7. The molecule has 6 nitrogen and oxygen atoms in total. The van der Waals surface area contributed by atoms with Crippen LogP contribution in [0.3, 0.4) is 0 Å². The Hall–Kier alpha value is -3.10. The lowest BCUT2D eigenvalue weighted by Crippen LogP contribution is -2.31. The summed E-state index contributed by atoms with van der Waals surface area (Å²) in [5.74, 6) is -0.866. The molecular weight excluding hydrogens is 415 g/mol. The van der Waals surface area contributed by atoms with Crippen LogP contribution in [-0.2, 0) is 6.54 Å². The van der Waals surface area contributed by atoms with Crippen LogP contribution in [0.2, 0.25) is 5.02 Å². The Kier molecular flexibility index (Phi) is 5.12. The second-order valence-electron chi connectivity index (χ2n) is 6.38. The van der Waals surface area contributed by atoms with Crippen molar-refractivity contribution in [2.24, 2.45) is 0 Å². The van der Waals surface area contributed by atoms with Gasteiger partial charge >= 0.3 is 0 Å². The highest BCUT2D eigenvalue weighted by atomic mass is 35.5. The van der Waals surface area contributed by atoms with Crippen LogP contribution in [0.25, 0.3) is 10.9 Å². The van der Waals surface area contributed by atoms with E-state index in [2.05, 4.69) is 14.6 Å². The molecule has 0 radical (unpaired) electrons. The Morgan fingerprint density at radius 1 is 1.24 bits per heavy atom. The number of aromatic nitrogens is 3. The standard InChI is InChI=1S/C20H14ClFN4O2S/c1-11-19(29-25-24-11)20(28)26(14-5-2-4-13(21)9-14)10-12-8-17(27)23-18-15(12)6-3-7-16(18)22/h2-9H,10H2,1H3,(H,23,27). The summed E-state index contributed by atoms with van der Waals surface area (Å²) in [6.07, 6.45) is 0. The number of anilines is 1. The Morgan fingerprint density at radius 3 is 2.76 bits per heavy atom. The lowest BCUT2D eigenvalue weighted by molar-refractivity contribution is 0.0988. The number of carbonyl (C=O) groups is 1. The number of halogens is 2. The van der Waals surface area contributed by atoms with E-state index in [4.69, 9.17) is 11.6 Å². The zero-order chi connectivity index (χ0) is 20.5. The summed E-state index contributed by atoms with van der Waals surface area (Å²) in [5.41, 5.74) is 1.21. The topological polar surface area (TPSA) is 79.0 Å². The number of aromatic amines is 1. The lowest BCUT2D eigenvalue weighted by Gasteiger charge is -2.23. The molecule has 0 aliphatic carbocycles. The molecule has 29 heavy (non-hydrogen) atoms. The fraction of sp³-hybridized carbons (Fsp3) is 0.100. The molecule has 4 rings (SSSR count). The number of pyridine rings is 1. The summed E-state index contributed by atoms with van der Waals surface area (Å²) >= 11 is 7.12. The van der Waals surface area contributed by atoms with E-state index in [-0.39, 0.29) is 18.0 Å². The molecule has 0 unspecified atom stereocenters. The van der Waals surface area contributed by atoms with Crippen LogP contribution in [0.15, 0.2) is 53.3 Å². The third-order valence-electron chi connectivity index (χ3n) is 4.45. The first-order chi connectivity index (χ1) is 13.9. The lowest BCUT2D eigenvalue weighted by atomic mass is 10.1. The van der Waals surface area contributed by atoms with E-state index in [0.717, 1.165) is 11.5 Å². The zero-order valence-corrected chi connectivity index (χ0v) is 16.7. The van der Waals surface area contributed by atoms with Gasteiger partial charge in [0.25, 0.3) is 5.91 Å². The molecule has 0 saturated carbocycles. The second-order valence-corrected chi connectivity index (χ2v) is 7.57.